The number of likely N-dealkylation sites (N-methyl/N-ethyl adjacent to an activating group) is 1. The van der Waals surface area contributed by atoms with Gasteiger partial charge in [-0.25, -0.2) is 9.37 Å². The molecule has 2 aromatic rings. The lowest BCUT2D eigenvalue weighted by Crippen LogP contribution is -2.49. The van der Waals surface area contributed by atoms with Crippen LogP contribution in [0.1, 0.15) is 42.1 Å². The third-order valence-corrected chi connectivity index (χ3v) is 5.78. The molecular formula is C20H25FN6O2. The number of nitrogens with zero attached hydrogens (tertiary/aromatic N) is 5. The molecule has 0 saturated carbocycles. The van der Waals surface area contributed by atoms with Gasteiger partial charge in [-0.3, -0.25) is 14.3 Å². The van der Waals surface area contributed by atoms with Gasteiger partial charge in [0, 0.05) is 63.5 Å². The Labute approximate surface area is 168 Å². The third-order valence-electron chi connectivity index (χ3n) is 5.78. The Morgan fingerprint density at radius 2 is 2.24 bits per heavy atom. The average molecular weight is 400 g/mol. The largest absolute Gasteiger partial charge is 0.352 e. The summed E-state index contributed by atoms with van der Waals surface area (Å²) in [6.45, 7) is 3.26. The minimum atomic E-state index is -0.479. The summed E-state index contributed by atoms with van der Waals surface area (Å²) in [5.74, 6) is -0.490. The van der Waals surface area contributed by atoms with Crippen molar-refractivity contribution >= 4 is 17.6 Å². The number of hydrogen-bond donors (Lipinski definition) is 1. The number of aryl methyl sites for hydroxylation is 1. The number of carbonyl (C=O) groups is 2. The monoisotopic (exact) mass is 400 g/mol. The van der Waals surface area contributed by atoms with Crippen molar-refractivity contribution < 1.29 is 14.0 Å². The van der Waals surface area contributed by atoms with E-state index in [9.17, 15) is 9.59 Å². The number of anilines is 1. The number of carbonyl (C=O) groups excluding carboxylic acids is 2. The Morgan fingerprint density at radius 1 is 1.45 bits per heavy atom. The number of pyridine rings is 1. The number of rotatable bonds is 4. The lowest BCUT2D eigenvalue weighted by atomic mass is 10.0. The molecule has 0 bridgehead atoms. The highest BCUT2D eigenvalue weighted by molar-refractivity contribution is 6.04. The number of hydrogen-bond acceptors (Lipinski definition) is 5. The van der Waals surface area contributed by atoms with Crippen LogP contribution in [0.3, 0.4) is 0 Å². The van der Waals surface area contributed by atoms with Crippen LogP contribution in [-0.2, 0) is 18.4 Å². The van der Waals surface area contributed by atoms with Gasteiger partial charge in [-0.1, -0.05) is 6.92 Å². The summed E-state index contributed by atoms with van der Waals surface area (Å²) in [5.41, 5.74) is 1.72. The molecule has 29 heavy (non-hydrogen) atoms. The molecule has 8 nitrogen and oxygen atoms in total. The van der Waals surface area contributed by atoms with Crippen LogP contribution < -0.4 is 10.2 Å². The fourth-order valence-electron chi connectivity index (χ4n) is 4.15. The second-order valence-corrected chi connectivity index (χ2v) is 7.64. The van der Waals surface area contributed by atoms with E-state index < -0.39 is 5.82 Å². The van der Waals surface area contributed by atoms with E-state index in [-0.39, 0.29) is 35.8 Å². The van der Waals surface area contributed by atoms with Crippen molar-refractivity contribution in [2.24, 2.45) is 7.05 Å². The van der Waals surface area contributed by atoms with Crippen LogP contribution >= 0.6 is 0 Å². The molecule has 0 radical (unpaired) electrons. The second-order valence-electron chi connectivity index (χ2n) is 7.64. The molecule has 0 spiro atoms. The van der Waals surface area contributed by atoms with Gasteiger partial charge in [0.05, 0.1) is 17.5 Å². The molecule has 1 unspecified atom stereocenters. The standard InChI is InChI=1S/C20H25FN6O2/c1-4-15(28)27-7-5-6-13(11-27)26(3)19-17(21)14-9-22-20(29)16(14)18(24-19)12-8-23-25(2)10-12/h8,10,13H,4-7,9,11H2,1-3H3,(H,22,29). The Hall–Kier alpha value is -2.97. The number of halogens is 1. The van der Waals surface area contributed by atoms with Gasteiger partial charge in [0.1, 0.15) is 0 Å². The summed E-state index contributed by atoms with van der Waals surface area (Å²) in [6.07, 6.45) is 5.56. The van der Waals surface area contributed by atoms with Crippen molar-refractivity contribution in [2.45, 2.75) is 38.8 Å². The molecule has 4 rings (SSSR count). The molecule has 1 fully saturated rings. The summed E-state index contributed by atoms with van der Waals surface area (Å²) in [7, 11) is 3.58. The minimum absolute atomic E-state index is 0.0360. The number of nitrogens with one attached hydrogen (secondary N) is 1. The molecule has 2 aliphatic rings. The number of amides is 2. The maximum atomic E-state index is 15.4. The topological polar surface area (TPSA) is 83.4 Å². The van der Waals surface area contributed by atoms with Crippen LogP contribution in [0, 0.1) is 5.82 Å². The molecule has 0 aromatic carbocycles. The van der Waals surface area contributed by atoms with Crippen molar-refractivity contribution in [3.05, 3.63) is 29.3 Å². The van der Waals surface area contributed by atoms with Crippen molar-refractivity contribution in [3.8, 4) is 11.3 Å². The Balaban J connectivity index is 1.74. The zero-order chi connectivity index (χ0) is 20.7. The maximum Gasteiger partial charge on any atom is 0.254 e. The molecule has 2 aromatic heterocycles. The van der Waals surface area contributed by atoms with Gasteiger partial charge in [-0.15, -0.1) is 0 Å². The molecule has 0 aliphatic carbocycles. The molecule has 9 heteroatoms. The Bertz CT molecular complexity index is 972. The minimum Gasteiger partial charge on any atom is -0.352 e. The number of likely N-dealkylation sites (tertiary alicyclic amines) is 1. The van der Waals surface area contributed by atoms with Gasteiger partial charge in [-0.2, -0.15) is 5.10 Å². The number of piperidine rings is 1. The van der Waals surface area contributed by atoms with E-state index in [4.69, 9.17) is 0 Å². The van der Waals surface area contributed by atoms with Gasteiger partial charge in [-0.05, 0) is 12.8 Å². The van der Waals surface area contributed by atoms with E-state index in [1.807, 2.05) is 16.7 Å². The highest BCUT2D eigenvalue weighted by Crippen LogP contribution is 2.34. The normalized spacial score (nSPS) is 18.6. The van der Waals surface area contributed by atoms with Crippen LogP contribution in [0.2, 0.25) is 0 Å². The SMILES string of the molecule is CCC(=O)N1CCCC(N(C)c2nc(-c3cnn(C)c3)c3c(c2F)CNC3=O)C1. The van der Waals surface area contributed by atoms with Crippen molar-refractivity contribution in [1.82, 2.24) is 25.0 Å². The first kappa shape index (κ1) is 19.4. The van der Waals surface area contributed by atoms with E-state index in [2.05, 4.69) is 15.4 Å². The third kappa shape index (κ3) is 3.34. The van der Waals surface area contributed by atoms with E-state index in [0.29, 0.717) is 29.8 Å². The first-order valence-corrected chi connectivity index (χ1v) is 9.90. The van der Waals surface area contributed by atoms with E-state index in [1.165, 1.54) is 0 Å². The smallest absolute Gasteiger partial charge is 0.254 e. The second kappa shape index (κ2) is 7.46. The van der Waals surface area contributed by atoms with Crippen LogP contribution in [0.4, 0.5) is 10.2 Å². The maximum absolute atomic E-state index is 15.4. The molecule has 1 N–H and O–H groups in total. The van der Waals surface area contributed by atoms with Gasteiger partial charge < -0.3 is 15.1 Å². The van der Waals surface area contributed by atoms with Crippen molar-refractivity contribution in [2.75, 3.05) is 25.0 Å². The average Bonchev–Trinajstić information content (AvgIpc) is 3.34. The lowest BCUT2D eigenvalue weighted by Gasteiger charge is -2.38. The highest BCUT2D eigenvalue weighted by Gasteiger charge is 2.34. The van der Waals surface area contributed by atoms with Crippen molar-refractivity contribution in [1.29, 1.82) is 0 Å². The van der Waals surface area contributed by atoms with Gasteiger partial charge >= 0.3 is 0 Å². The van der Waals surface area contributed by atoms with Crippen LogP contribution in [0.25, 0.3) is 11.3 Å². The number of fused-ring (bicyclic) bond motifs is 1. The summed E-state index contributed by atoms with van der Waals surface area (Å²) in [5, 5.41) is 6.86. The van der Waals surface area contributed by atoms with Gasteiger partial charge in [0.2, 0.25) is 5.91 Å². The fourth-order valence-corrected chi connectivity index (χ4v) is 4.15. The van der Waals surface area contributed by atoms with E-state index in [0.717, 1.165) is 19.4 Å². The molecule has 154 valence electrons. The molecule has 2 amide bonds. The van der Waals surface area contributed by atoms with E-state index >= 15 is 4.39 Å². The Morgan fingerprint density at radius 3 is 2.93 bits per heavy atom. The molecule has 2 aliphatic heterocycles. The lowest BCUT2D eigenvalue weighted by molar-refractivity contribution is -0.132. The van der Waals surface area contributed by atoms with Crippen LogP contribution in [0.5, 0.6) is 0 Å². The zero-order valence-electron chi connectivity index (χ0n) is 16.9. The van der Waals surface area contributed by atoms with Crippen LogP contribution in [-0.4, -0.2) is 57.7 Å². The Kier molecular flexibility index (Phi) is 4.97. The molecule has 1 saturated heterocycles. The molecule has 1 atom stereocenters. The first-order valence-electron chi connectivity index (χ1n) is 9.90. The summed E-state index contributed by atoms with van der Waals surface area (Å²) >= 11 is 0. The van der Waals surface area contributed by atoms with Crippen molar-refractivity contribution in [3.63, 3.8) is 0 Å². The highest BCUT2D eigenvalue weighted by atomic mass is 19.1. The molecule has 4 heterocycles. The summed E-state index contributed by atoms with van der Waals surface area (Å²) in [6, 6.07) is -0.0360. The number of aromatic nitrogens is 3. The van der Waals surface area contributed by atoms with E-state index in [1.54, 1.807) is 31.2 Å². The van der Waals surface area contributed by atoms with Gasteiger partial charge in [0.25, 0.3) is 5.91 Å². The summed E-state index contributed by atoms with van der Waals surface area (Å²) < 4.78 is 17.0. The predicted octanol–water partition coefficient (Wildman–Crippen LogP) is 1.70. The van der Waals surface area contributed by atoms with Gasteiger partial charge in [0.15, 0.2) is 11.6 Å². The fraction of sp³-hybridized carbons (Fsp3) is 0.500. The quantitative estimate of drug-likeness (QED) is 0.845. The molecular weight excluding hydrogens is 375 g/mol. The summed E-state index contributed by atoms with van der Waals surface area (Å²) in [4.78, 5) is 32.7. The zero-order valence-corrected chi connectivity index (χ0v) is 16.9. The van der Waals surface area contributed by atoms with Crippen LogP contribution in [0.15, 0.2) is 12.4 Å². The first-order chi connectivity index (χ1) is 13.9. The predicted molar refractivity (Wildman–Crippen MR) is 106 cm³/mol.